The zero-order valence-electron chi connectivity index (χ0n) is 29.7. The second kappa shape index (κ2) is 11.6. The van der Waals surface area contributed by atoms with Gasteiger partial charge in [0.15, 0.2) is 0 Å². The number of rotatable bonds is 3. The Balaban J connectivity index is 1.06. The lowest BCUT2D eigenvalue weighted by atomic mass is 9.84. The fraction of sp³-hybridized carbons (Fsp3) is 0.0769. The number of aryl methyl sites for hydroxylation is 1. The molecule has 0 saturated carbocycles. The van der Waals surface area contributed by atoms with Crippen LogP contribution >= 0.6 is 11.3 Å². The van der Waals surface area contributed by atoms with Crippen molar-refractivity contribution in [3.8, 4) is 33.4 Å². The highest BCUT2D eigenvalue weighted by Crippen LogP contribution is 2.47. The number of hydrogen-bond donors (Lipinski definition) is 0. The number of furan rings is 1. The Bertz CT molecular complexity index is 3220. The van der Waals surface area contributed by atoms with E-state index in [1.807, 2.05) is 11.3 Å². The summed E-state index contributed by atoms with van der Waals surface area (Å²) in [4.78, 5) is 1.41. The molecule has 0 bridgehead atoms. The molecule has 2 heterocycles. The lowest BCUT2D eigenvalue weighted by molar-refractivity contribution is 0.669. The number of benzene rings is 8. The molecular weight excluding hydrogens is 673 g/mol. The van der Waals surface area contributed by atoms with Crippen molar-refractivity contribution in [3.63, 3.8) is 0 Å². The lowest BCUT2D eigenvalue weighted by Crippen LogP contribution is -1.97. The Morgan fingerprint density at radius 2 is 1.09 bits per heavy atom. The van der Waals surface area contributed by atoms with Gasteiger partial charge in [0.2, 0.25) is 0 Å². The quantitative estimate of drug-likeness (QED) is 0.167. The van der Waals surface area contributed by atoms with Crippen molar-refractivity contribution < 1.29 is 4.42 Å². The number of allylic oxidation sites excluding steroid dienone is 2. The van der Waals surface area contributed by atoms with Crippen LogP contribution in [0.4, 0.5) is 0 Å². The number of thiophene rings is 1. The monoisotopic (exact) mass is 706 g/mol. The SMILES string of the molecule is C1=Cc2cccc(-c3cccc(-c4c5ccccc5c(-c5ccc6c(c5)oc5ccc7c(ccc8sc9c(c87)CCC=C9)c56)c5ccccc45)c3)c2CC1. The molecule has 54 heavy (non-hydrogen) atoms. The van der Waals surface area contributed by atoms with Gasteiger partial charge < -0.3 is 4.42 Å². The first-order valence-corrected chi connectivity index (χ1v) is 19.9. The molecular formula is C52H34OS. The lowest BCUT2D eigenvalue weighted by Gasteiger charge is -2.19. The smallest absolute Gasteiger partial charge is 0.136 e. The number of fused-ring (bicyclic) bond motifs is 12. The van der Waals surface area contributed by atoms with Crippen molar-refractivity contribution >= 4 is 87.8 Å². The Kier molecular flexibility index (Phi) is 6.52. The van der Waals surface area contributed by atoms with Gasteiger partial charge in [0.25, 0.3) is 0 Å². The zero-order valence-corrected chi connectivity index (χ0v) is 30.5. The molecule has 2 aliphatic carbocycles. The van der Waals surface area contributed by atoms with E-state index < -0.39 is 0 Å². The molecule has 2 aromatic heterocycles. The molecule has 12 rings (SSSR count). The minimum Gasteiger partial charge on any atom is -0.456 e. The van der Waals surface area contributed by atoms with Crippen molar-refractivity contribution in [1.29, 1.82) is 0 Å². The molecule has 0 fully saturated rings. The summed E-state index contributed by atoms with van der Waals surface area (Å²) in [5.74, 6) is 0. The van der Waals surface area contributed by atoms with Crippen LogP contribution in [-0.4, -0.2) is 0 Å². The van der Waals surface area contributed by atoms with Crippen molar-refractivity contribution in [2.45, 2.75) is 25.7 Å². The molecule has 8 aromatic carbocycles. The van der Waals surface area contributed by atoms with Gasteiger partial charge in [-0.1, -0.05) is 115 Å². The Morgan fingerprint density at radius 1 is 0.444 bits per heavy atom. The first-order valence-electron chi connectivity index (χ1n) is 19.1. The second-order valence-electron chi connectivity index (χ2n) is 14.9. The molecule has 0 radical (unpaired) electrons. The second-order valence-corrected chi connectivity index (χ2v) is 16.0. The molecule has 254 valence electrons. The van der Waals surface area contributed by atoms with Gasteiger partial charge >= 0.3 is 0 Å². The summed E-state index contributed by atoms with van der Waals surface area (Å²) in [7, 11) is 0. The number of hydrogen-bond acceptors (Lipinski definition) is 2. The molecule has 10 aromatic rings. The zero-order chi connectivity index (χ0) is 35.3. The van der Waals surface area contributed by atoms with E-state index in [1.54, 1.807) is 0 Å². The first kappa shape index (κ1) is 30.3. The Labute approximate surface area is 317 Å². The van der Waals surface area contributed by atoms with Crippen LogP contribution in [0.2, 0.25) is 0 Å². The minimum atomic E-state index is 0.927. The summed E-state index contributed by atoms with van der Waals surface area (Å²) in [5.41, 5.74) is 13.7. The summed E-state index contributed by atoms with van der Waals surface area (Å²) in [6.07, 6.45) is 13.6. The van der Waals surface area contributed by atoms with Crippen LogP contribution in [0.25, 0.3) is 110 Å². The molecule has 2 aliphatic rings. The maximum atomic E-state index is 6.73. The summed E-state index contributed by atoms with van der Waals surface area (Å²) < 4.78 is 8.10. The van der Waals surface area contributed by atoms with Gasteiger partial charge in [0, 0.05) is 25.7 Å². The van der Waals surface area contributed by atoms with Gasteiger partial charge in [-0.25, -0.2) is 0 Å². The molecule has 0 N–H and O–H groups in total. The third-order valence-corrected chi connectivity index (χ3v) is 13.2. The fourth-order valence-electron chi connectivity index (χ4n) is 9.66. The topological polar surface area (TPSA) is 13.1 Å². The molecule has 1 nitrogen and oxygen atoms in total. The van der Waals surface area contributed by atoms with Gasteiger partial charge in [0.05, 0.1) is 0 Å². The molecule has 0 spiro atoms. The van der Waals surface area contributed by atoms with Gasteiger partial charge in [-0.05, 0) is 151 Å². The van der Waals surface area contributed by atoms with E-state index in [4.69, 9.17) is 4.42 Å². The molecule has 0 atom stereocenters. The minimum absolute atomic E-state index is 0.927. The Hall–Kier alpha value is -6.22. The summed E-state index contributed by atoms with van der Waals surface area (Å²) in [6, 6.07) is 49.8. The highest BCUT2D eigenvalue weighted by atomic mass is 32.1. The van der Waals surface area contributed by atoms with Crippen molar-refractivity contribution in [1.82, 2.24) is 0 Å². The normalized spacial score (nSPS) is 13.9. The predicted molar refractivity (Wildman–Crippen MR) is 233 cm³/mol. The van der Waals surface area contributed by atoms with Gasteiger partial charge in [-0.15, -0.1) is 11.3 Å². The van der Waals surface area contributed by atoms with Gasteiger partial charge in [0.1, 0.15) is 11.2 Å². The predicted octanol–water partition coefficient (Wildman–Crippen LogP) is 15.2. The van der Waals surface area contributed by atoms with Crippen LogP contribution in [0.5, 0.6) is 0 Å². The van der Waals surface area contributed by atoms with Crippen molar-refractivity contribution in [3.05, 3.63) is 167 Å². The third-order valence-electron chi connectivity index (χ3n) is 12.0. The van der Waals surface area contributed by atoms with Gasteiger partial charge in [-0.3, -0.25) is 0 Å². The van der Waals surface area contributed by atoms with Crippen LogP contribution < -0.4 is 0 Å². The highest BCUT2D eigenvalue weighted by molar-refractivity contribution is 7.20. The van der Waals surface area contributed by atoms with Crippen molar-refractivity contribution in [2.24, 2.45) is 0 Å². The van der Waals surface area contributed by atoms with E-state index in [9.17, 15) is 0 Å². The van der Waals surface area contributed by atoms with Crippen LogP contribution in [0, 0.1) is 0 Å². The van der Waals surface area contributed by atoms with E-state index in [0.29, 0.717) is 0 Å². The van der Waals surface area contributed by atoms with Crippen LogP contribution in [0.1, 0.15) is 34.4 Å². The van der Waals surface area contributed by atoms with Crippen molar-refractivity contribution in [2.75, 3.05) is 0 Å². The summed E-state index contributed by atoms with van der Waals surface area (Å²) in [6.45, 7) is 0. The van der Waals surface area contributed by atoms with E-state index in [1.165, 1.54) is 108 Å². The van der Waals surface area contributed by atoms with E-state index >= 15 is 0 Å². The van der Waals surface area contributed by atoms with E-state index in [2.05, 4.69) is 158 Å². The third kappa shape index (κ3) is 4.38. The average molecular weight is 707 g/mol. The fourth-order valence-corrected chi connectivity index (χ4v) is 10.9. The maximum Gasteiger partial charge on any atom is 0.136 e. The molecule has 0 amide bonds. The summed E-state index contributed by atoms with van der Waals surface area (Å²) >= 11 is 1.92. The standard InChI is InChI=1S/C52H34OS/c1-2-15-35-31(11-1)12-10-21-36(35)32-13-9-14-33(29-32)49-37-16-3-5-18-39(37)50(40-19-6-4-17-38(40)49)34-23-24-43-46(30-34)53-45-27-25-42-41(51(43)45)26-28-48-52(42)44-20-7-8-22-47(44)54-48/h1,3-6,8-14,16-19,21-30H,2,7,15,20H2. The molecule has 0 aliphatic heterocycles. The first-order chi connectivity index (χ1) is 26.8. The van der Waals surface area contributed by atoms with Crippen LogP contribution in [0.3, 0.4) is 0 Å². The average Bonchev–Trinajstić information content (AvgIpc) is 3.81. The van der Waals surface area contributed by atoms with Crippen LogP contribution in [0.15, 0.2) is 150 Å². The molecule has 0 unspecified atom stereocenters. The molecule has 2 heteroatoms. The highest BCUT2D eigenvalue weighted by Gasteiger charge is 2.21. The largest absolute Gasteiger partial charge is 0.456 e. The Morgan fingerprint density at radius 3 is 1.89 bits per heavy atom. The van der Waals surface area contributed by atoms with Gasteiger partial charge in [-0.2, -0.15) is 0 Å². The summed E-state index contributed by atoms with van der Waals surface area (Å²) in [5, 5.41) is 11.4. The van der Waals surface area contributed by atoms with E-state index in [0.717, 1.165) is 36.8 Å². The van der Waals surface area contributed by atoms with Crippen LogP contribution in [-0.2, 0) is 12.8 Å². The molecule has 0 saturated heterocycles. The maximum absolute atomic E-state index is 6.73. The van der Waals surface area contributed by atoms with E-state index in [-0.39, 0.29) is 0 Å².